The summed E-state index contributed by atoms with van der Waals surface area (Å²) in [6.45, 7) is 3.52. The van der Waals surface area contributed by atoms with E-state index in [1.807, 2.05) is 30.3 Å². The fraction of sp³-hybridized carbons (Fsp3) is 0.333. The predicted octanol–water partition coefficient (Wildman–Crippen LogP) is 3.71. The number of carbonyl (C=O) groups excluding carboxylic acids is 2. The number of carbonyl (C=O) groups is 2. The molecule has 0 aliphatic heterocycles. The molecule has 150 valence electrons. The lowest BCUT2D eigenvalue weighted by atomic mass is 10.0. The summed E-state index contributed by atoms with van der Waals surface area (Å²) in [4.78, 5) is 24.7. The summed E-state index contributed by atoms with van der Waals surface area (Å²) in [5.74, 6) is -0.908. The predicted molar refractivity (Wildman–Crippen MR) is 100 cm³/mol. The summed E-state index contributed by atoms with van der Waals surface area (Å²) in [5, 5.41) is 5.31. The van der Waals surface area contributed by atoms with Crippen molar-refractivity contribution in [2.24, 2.45) is 5.92 Å². The van der Waals surface area contributed by atoms with Crippen LogP contribution in [0.3, 0.4) is 0 Å². The van der Waals surface area contributed by atoms with Crippen molar-refractivity contribution in [2.75, 3.05) is 0 Å². The molecule has 4 nitrogen and oxygen atoms in total. The number of alkyl halides is 3. The molecule has 0 aliphatic rings. The summed E-state index contributed by atoms with van der Waals surface area (Å²) >= 11 is 0. The van der Waals surface area contributed by atoms with E-state index in [1.165, 1.54) is 12.1 Å². The molecule has 0 aliphatic carbocycles. The number of benzene rings is 2. The van der Waals surface area contributed by atoms with Gasteiger partial charge < -0.3 is 10.6 Å². The highest BCUT2D eigenvalue weighted by Crippen LogP contribution is 2.29. The molecule has 7 heteroatoms. The lowest BCUT2D eigenvalue weighted by Gasteiger charge is -2.22. The Morgan fingerprint density at radius 1 is 0.964 bits per heavy atom. The van der Waals surface area contributed by atoms with E-state index in [4.69, 9.17) is 0 Å². The first-order chi connectivity index (χ1) is 13.2. The van der Waals surface area contributed by atoms with Crippen molar-refractivity contribution in [2.45, 2.75) is 39.0 Å². The zero-order valence-corrected chi connectivity index (χ0v) is 15.7. The van der Waals surface area contributed by atoms with Crippen LogP contribution in [0.4, 0.5) is 13.2 Å². The van der Waals surface area contributed by atoms with Crippen molar-refractivity contribution in [1.29, 1.82) is 0 Å². The molecule has 28 heavy (non-hydrogen) atoms. The number of amides is 2. The van der Waals surface area contributed by atoms with E-state index in [0.29, 0.717) is 5.56 Å². The van der Waals surface area contributed by atoms with Crippen molar-refractivity contribution < 1.29 is 22.8 Å². The molecule has 0 bridgehead atoms. The van der Waals surface area contributed by atoms with Gasteiger partial charge in [-0.05, 0) is 29.2 Å². The molecule has 0 saturated heterocycles. The second-order valence-electron chi connectivity index (χ2n) is 6.87. The molecular formula is C21H23F3N2O2. The number of hydrogen-bond acceptors (Lipinski definition) is 2. The van der Waals surface area contributed by atoms with E-state index < -0.39 is 23.7 Å². The van der Waals surface area contributed by atoms with Crippen LogP contribution in [0, 0.1) is 5.92 Å². The standard InChI is InChI=1S/C21H23F3N2O2/c1-14(2)19(26-18(27)12-15-7-4-3-5-8-15)20(28)25-13-16-9-6-10-17(11-16)21(22,23)24/h3-11,14,19H,12-13H2,1-2H3,(H,25,28)(H,26,27)/t19-/m1/s1. The van der Waals surface area contributed by atoms with Gasteiger partial charge in [0.1, 0.15) is 6.04 Å². The molecule has 2 aromatic rings. The van der Waals surface area contributed by atoms with Crippen LogP contribution in [0.5, 0.6) is 0 Å². The molecule has 2 aromatic carbocycles. The third-order valence-corrected chi connectivity index (χ3v) is 4.19. The molecule has 2 rings (SSSR count). The Kier molecular flexibility index (Phi) is 7.20. The fourth-order valence-corrected chi connectivity index (χ4v) is 2.70. The normalized spacial score (nSPS) is 12.5. The molecule has 0 unspecified atom stereocenters. The number of nitrogens with one attached hydrogen (secondary N) is 2. The van der Waals surface area contributed by atoms with Gasteiger partial charge in [-0.15, -0.1) is 0 Å². The smallest absolute Gasteiger partial charge is 0.350 e. The molecular weight excluding hydrogens is 369 g/mol. The van der Waals surface area contributed by atoms with Gasteiger partial charge in [0.05, 0.1) is 12.0 Å². The molecule has 0 spiro atoms. The van der Waals surface area contributed by atoms with Crippen molar-refractivity contribution >= 4 is 11.8 Å². The zero-order valence-electron chi connectivity index (χ0n) is 15.7. The highest BCUT2D eigenvalue weighted by molar-refractivity contribution is 5.88. The van der Waals surface area contributed by atoms with E-state index in [-0.39, 0.29) is 24.8 Å². The monoisotopic (exact) mass is 392 g/mol. The fourth-order valence-electron chi connectivity index (χ4n) is 2.70. The minimum atomic E-state index is -4.44. The van der Waals surface area contributed by atoms with Gasteiger partial charge >= 0.3 is 6.18 Å². The Morgan fingerprint density at radius 3 is 2.21 bits per heavy atom. The summed E-state index contributed by atoms with van der Waals surface area (Å²) in [6.07, 6.45) is -4.29. The molecule has 0 fully saturated rings. The minimum Gasteiger partial charge on any atom is -0.350 e. The average molecular weight is 392 g/mol. The number of hydrogen-bond donors (Lipinski definition) is 2. The first-order valence-corrected chi connectivity index (χ1v) is 8.94. The van der Waals surface area contributed by atoms with E-state index in [9.17, 15) is 22.8 Å². The van der Waals surface area contributed by atoms with Crippen LogP contribution in [0.2, 0.25) is 0 Å². The Bertz CT molecular complexity index is 805. The number of halogens is 3. The van der Waals surface area contributed by atoms with Gasteiger partial charge in [0, 0.05) is 6.54 Å². The highest BCUT2D eigenvalue weighted by Gasteiger charge is 2.30. The lowest BCUT2D eigenvalue weighted by molar-refractivity contribution is -0.137. The van der Waals surface area contributed by atoms with Gasteiger partial charge in [0.15, 0.2) is 0 Å². The number of rotatable bonds is 7. The van der Waals surface area contributed by atoms with Crippen LogP contribution in [0.1, 0.15) is 30.5 Å². The quantitative estimate of drug-likeness (QED) is 0.755. The van der Waals surface area contributed by atoms with Gasteiger partial charge in [-0.1, -0.05) is 56.3 Å². The Hall–Kier alpha value is -2.83. The maximum absolute atomic E-state index is 12.8. The summed E-state index contributed by atoms with van der Waals surface area (Å²) < 4.78 is 38.4. The molecule has 1 atom stereocenters. The van der Waals surface area contributed by atoms with Gasteiger partial charge in [0.25, 0.3) is 0 Å². The molecule has 0 aromatic heterocycles. The largest absolute Gasteiger partial charge is 0.416 e. The van der Waals surface area contributed by atoms with Gasteiger partial charge in [-0.2, -0.15) is 13.2 Å². The Labute approximate surface area is 162 Å². The van der Waals surface area contributed by atoms with Crippen LogP contribution in [0.15, 0.2) is 54.6 Å². The first kappa shape index (κ1) is 21.5. The third-order valence-electron chi connectivity index (χ3n) is 4.19. The average Bonchev–Trinajstić information content (AvgIpc) is 2.64. The van der Waals surface area contributed by atoms with Crippen molar-refractivity contribution in [3.63, 3.8) is 0 Å². The zero-order chi connectivity index (χ0) is 20.7. The van der Waals surface area contributed by atoms with Gasteiger partial charge in [-0.3, -0.25) is 9.59 Å². The molecule has 0 radical (unpaired) electrons. The Balaban J connectivity index is 1.96. The van der Waals surface area contributed by atoms with Crippen LogP contribution in [0.25, 0.3) is 0 Å². The van der Waals surface area contributed by atoms with Gasteiger partial charge in [0.2, 0.25) is 11.8 Å². The molecule has 2 N–H and O–H groups in total. The Morgan fingerprint density at radius 2 is 1.61 bits per heavy atom. The summed E-state index contributed by atoms with van der Waals surface area (Å²) in [7, 11) is 0. The van der Waals surface area contributed by atoms with Crippen molar-refractivity contribution in [3.05, 3.63) is 71.3 Å². The van der Waals surface area contributed by atoms with Crippen LogP contribution in [-0.4, -0.2) is 17.9 Å². The summed E-state index contributed by atoms with van der Waals surface area (Å²) in [6, 6.07) is 13.1. The minimum absolute atomic E-state index is 0.0550. The molecule has 0 saturated carbocycles. The van der Waals surface area contributed by atoms with Crippen LogP contribution in [-0.2, 0) is 28.7 Å². The SMILES string of the molecule is CC(C)[C@@H](NC(=O)Cc1ccccc1)C(=O)NCc1cccc(C(F)(F)F)c1. The van der Waals surface area contributed by atoms with Crippen LogP contribution >= 0.6 is 0 Å². The lowest BCUT2D eigenvalue weighted by Crippen LogP contribution is -2.49. The van der Waals surface area contributed by atoms with E-state index in [0.717, 1.165) is 17.7 Å². The van der Waals surface area contributed by atoms with Crippen molar-refractivity contribution in [1.82, 2.24) is 10.6 Å². The van der Waals surface area contributed by atoms with Crippen LogP contribution < -0.4 is 10.6 Å². The second-order valence-corrected chi connectivity index (χ2v) is 6.87. The topological polar surface area (TPSA) is 58.2 Å². The van der Waals surface area contributed by atoms with Crippen molar-refractivity contribution in [3.8, 4) is 0 Å². The maximum Gasteiger partial charge on any atom is 0.416 e. The van der Waals surface area contributed by atoms with E-state index in [1.54, 1.807) is 13.8 Å². The third kappa shape index (κ3) is 6.40. The maximum atomic E-state index is 12.8. The molecule has 0 heterocycles. The highest BCUT2D eigenvalue weighted by atomic mass is 19.4. The first-order valence-electron chi connectivity index (χ1n) is 8.94. The van der Waals surface area contributed by atoms with Gasteiger partial charge in [-0.25, -0.2) is 0 Å². The summed E-state index contributed by atoms with van der Waals surface area (Å²) in [5.41, 5.74) is 0.393. The van der Waals surface area contributed by atoms with E-state index in [2.05, 4.69) is 10.6 Å². The molecule has 2 amide bonds. The van der Waals surface area contributed by atoms with E-state index >= 15 is 0 Å². The second kappa shape index (κ2) is 9.39.